The predicted molar refractivity (Wildman–Crippen MR) is 139 cm³/mol. The number of nitrogens with zero attached hydrogens (tertiary/aromatic N) is 5. The van der Waals surface area contributed by atoms with Crippen LogP contribution in [0.3, 0.4) is 0 Å². The van der Waals surface area contributed by atoms with E-state index in [1.54, 1.807) is 54.9 Å². The molecule has 178 valence electrons. The molecule has 9 heteroatoms. The molecule has 7 nitrogen and oxygen atoms in total. The molecule has 1 N–H and O–H groups in total. The van der Waals surface area contributed by atoms with Gasteiger partial charge in [-0.1, -0.05) is 42.1 Å². The molecule has 2 heterocycles. The molecule has 3 aromatic carbocycles. The molecule has 0 atom stereocenters. The van der Waals surface area contributed by atoms with Gasteiger partial charge in [0.1, 0.15) is 23.2 Å². The maximum absolute atomic E-state index is 14.4. The Balaban J connectivity index is 1.59. The molecule has 0 saturated heterocycles. The average Bonchev–Trinajstić information content (AvgIpc) is 3.21. The van der Waals surface area contributed by atoms with Crippen molar-refractivity contribution >= 4 is 39.3 Å². The van der Waals surface area contributed by atoms with Gasteiger partial charge in [0.25, 0.3) is 5.56 Å². The molecule has 0 amide bonds. The molecule has 36 heavy (non-hydrogen) atoms. The van der Waals surface area contributed by atoms with E-state index in [4.69, 9.17) is 0 Å². The van der Waals surface area contributed by atoms with Crippen LogP contribution in [0.2, 0.25) is 0 Å². The summed E-state index contributed by atoms with van der Waals surface area (Å²) >= 11 is 1.07. The van der Waals surface area contributed by atoms with Crippen LogP contribution >= 0.6 is 11.8 Å². The molecule has 0 bridgehead atoms. The van der Waals surface area contributed by atoms with Gasteiger partial charge >= 0.3 is 0 Å². The Bertz CT molecular complexity index is 1780. The largest absolute Gasteiger partial charge is 0.510 e. The van der Waals surface area contributed by atoms with Gasteiger partial charge in [-0.3, -0.25) is 9.36 Å². The van der Waals surface area contributed by atoms with E-state index >= 15 is 0 Å². The van der Waals surface area contributed by atoms with Crippen LogP contribution < -0.4 is 5.56 Å². The third-order valence-corrected chi connectivity index (χ3v) is 6.86. The van der Waals surface area contributed by atoms with Crippen molar-refractivity contribution in [2.24, 2.45) is 7.05 Å². The number of halogens is 1. The highest BCUT2D eigenvalue weighted by Crippen LogP contribution is 2.27. The van der Waals surface area contributed by atoms with Crippen LogP contribution in [0.1, 0.15) is 11.4 Å². The minimum absolute atomic E-state index is 0.0252. The number of allylic oxidation sites excluding steroid dienone is 1. The van der Waals surface area contributed by atoms with E-state index in [1.165, 1.54) is 10.6 Å². The number of thioether (sulfide) groups is 1. The Morgan fingerprint density at radius 3 is 2.53 bits per heavy atom. The minimum atomic E-state index is -0.445. The number of aliphatic hydroxyl groups excluding tert-OH is 1. The summed E-state index contributed by atoms with van der Waals surface area (Å²) in [4.78, 5) is 22.5. The van der Waals surface area contributed by atoms with Crippen molar-refractivity contribution in [1.29, 1.82) is 5.26 Å². The number of rotatable bonds is 5. The standard InChI is InChI=1S/C27H20FN5O2S/c1-16-11-12-17(13-20(16)28)33-26(35)18-7-3-4-8-21(18)31-27(33)36-15-24(34)19(14-29)25-30-22-9-5-6-10-23(22)32(25)2/h3-13,34H,15H2,1-2H3/b24-19-. The van der Waals surface area contributed by atoms with Gasteiger partial charge in [0.2, 0.25) is 0 Å². The fraction of sp³-hybridized carbons (Fsp3) is 0.111. The van der Waals surface area contributed by atoms with Crippen LogP contribution in [0.15, 0.2) is 82.4 Å². The van der Waals surface area contributed by atoms with Gasteiger partial charge in [-0.15, -0.1) is 0 Å². The lowest BCUT2D eigenvalue weighted by Gasteiger charge is -2.14. The topological polar surface area (TPSA) is 96.7 Å². The van der Waals surface area contributed by atoms with E-state index in [0.29, 0.717) is 33.5 Å². The number of aryl methyl sites for hydroxylation is 2. The summed E-state index contributed by atoms with van der Waals surface area (Å²) in [6.45, 7) is 1.64. The van der Waals surface area contributed by atoms with Crippen molar-refractivity contribution in [3.8, 4) is 11.8 Å². The molecule has 0 aliphatic carbocycles. The predicted octanol–water partition coefficient (Wildman–Crippen LogP) is 5.30. The monoisotopic (exact) mass is 497 g/mol. The first-order chi connectivity index (χ1) is 17.4. The van der Waals surface area contributed by atoms with Gasteiger partial charge in [0, 0.05) is 7.05 Å². The summed E-state index contributed by atoms with van der Waals surface area (Å²) in [5.74, 6) is -0.364. The lowest BCUT2D eigenvalue weighted by Crippen LogP contribution is -2.22. The first-order valence-electron chi connectivity index (χ1n) is 11.0. The SMILES string of the molecule is Cc1ccc(-n2c(SC/C(O)=C(\C#N)c3nc4ccccc4n3C)nc3ccccc3c2=O)cc1F. The van der Waals surface area contributed by atoms with Gasteiger partial charge in [-0.05, 0) is 48.9 Å². The number of aromatic nitrogens is 4. The molecule has 2 aromatic heterocycles. The van der Waals surface area contributed by atoms with Crippen LogP contribution in [-0.4, -0.2) is 30.0 Å². The second-order valence-electron chi connectivity index (χ2n) is 8.19. The molecule has 0 radical (unpaired) electrons. The fourth-order valence-corrected chi connectivity index (χ4v) is 4.87. The van der Waals surface area contributed by atoms with E-state index < -0.39 is 5.82 Å². The van der Waals surface area contributed by atoms with Crippen molar-refractivity contribution < 1.29 is 9.50 Å². The summed E-state index contributed by atoms with van der Waals surface area (Å²) < 4.78 is 17.5. The zero-order valence-corrected chi connectivity index (χ0v) is 20.3. The lowest BCUT2D eigenvalue weighted by atomic mass is 10.2. The highest BCUT2D eigenvalue weighted by Gasteiger charge is 2.19. The Morgan fingerprint density at radius 2 is 1.81 bits per heavy atom. The molecule has 0 spiro atoms. The first-order valence-corrected chi connectivity index (χ1v) is 12.0. The van der Waals surface area contributed by atoms with Crippen molar-refractivity contribution in [1.82, 2.24) is 19.1 Å². The Morgan fingerprint density at radius 1 is 1.08 bits per heavy atom. The van der Waals surface area contributed by atoms with Crippen molar-refractivity contribution in [3.63, 3.8) is 0 Å². The second kappa shape index (κ2) is 9.32. The number of nitriles is 1. The Labute approximate surface area is 209 Å². The van der Waals surface area contributed by atoms with E-state index in [-0.39, 0.29) is 27.8 Å². The number of imidazole rings is 1. The number of fused-ring (bicyclic) bond motifs is 2. The minimum Gasteiger partial charge on any atom is -0.510 e. The maximum atomic E-state index is 14.4. The molecule has 5 aromatic rings. The summed E-state index contributed by atoms with van der Waals surface area (Å²) in [5.41, 5.74) is 2.46. The van der Waals surface area contributed by atoms with Crippen molar-refractivity contribution in [2.75, 3.05) is 5.75 Å². The van der Waals surface area contributed by atoms with Gasteiger partial charge < -0.3 is 9.67 Å². The highest BCUT2D eigenvalue weighted by molar-refractivity contribution is 7.99. The zero-order valence-electron chi connectivity index (χ0n) is 19.4. The molecular formula is C27H20FN5O2S. The third kappa shape index (κ3) is 4.01. The van der Waals surface area contributed by atoms with Gasteiger partial charge in [-0.25, -0.2) is 14.4 Å². The summed E-state index contributed by atoms with van der Waals surface area (Å²) in [6, 6.07) is 20.9. The van der Waals surface area contributed by atoms with Crippen LogP contribution in [0.4, 0.5) is 4.39 Å². The van der Waals surface area contributed by atoms with E-state index in [2.05, 4.69) is 16.0 Å². The number of hydrogen-bond acceptors (Lipinski definition) is 6. The number of benzene rings is 3. The van der Waals surface area contributed by atoms with Crippen LogP contribution in [-0.2, 0) is 7.05 Å². The van der Waals surface area contributed by atoms with Crippen molar-refractivity contribution in [3.05, 3.63) is 100 Å². The smallest absolute Gasteiger partial charge is 0.266 e. The molecule has 0 fully saturated rings. The normalized spacial score (nSPS) is 12.1. The van der Waals surface area contributed by atoms with Gasteiger partial charge in [0.05, 0.1) is 33.4 Å². The number of para-hydroxylation sites is 3. The van der Waals surface area contributed by atoms with Crippen molar-refractivity contribution in [2.45, 2.75) is 12.1 Å². The average molecular weight is 498 g/mol. The Kier molecular flexibility index (Phi) is 6.04. The molecule has 5 rings (SSSR count). The molecule has 0 unspecified atom stereocenters. The third-order valence-electron chi connectivity index (χ3n) is 5.91. The molecule has 0 aliphatic heterocycles. The molecule has 0 aliphatic rings. The quantitative estimate of drug-likeness (QED) is 0.153. The summed E-state index contributed by atoms with van der Waals surface area (Å²) in [5, 5.41) is 21.4. The van der Waals surface area contributed by atoms with E-state index in [9.17, 15) is 19.6 Å². The summed E-state index contributed by atoms with van der Waals surface area (Å²) in [6.07, 6.45) is 0. The number of aliphatic hydroxyl groups is 1. The van der Waals surface area contributed by atoms with Crippen LogP contribution in [0.25, 0.3) is 33.2 Å². The molecule has 0 saturated carbocycles. The van der Waals surface area contributed by atoms with Gasteiger partial charge in [-0.2, -0.15) is 5.26 Å². The highest BCUT2D eigenvalue weighted by atomic mass is 32.2. The fourth-order valence-electron chi connectivity index (χ4n) is 3.98. The molecular weight excluding hydrogens is 477 g/mol. The Hall–Kier alpha value is -4.42. The van der Waals surface area contributed by atoms with E-state index in [0.717, 1.165) is 17.3 Å². The first kappa shape index (κ1) is 23.3. The van der Waals surface area contributed by atoms with Crippen LogP contribution in [0.5, 0.6) is 0 Å². The van der Waals surface area contributed by atoms with Gasteiger partial charge in [0.15, 0.2) is 11.0 Å². The summed E-state index contributed by atoms with van der Waals surface area (Å²) in [7, 11) is 1.77. The van der Waals surface area contributed by atoms with E-state index in [1.807, 2.05) is 24.3 Å². The maximum Gasteiger partial charge on any atom is 0.266 e. The second-order valence-corrected chi connectivity index (χ2v) is 9.13. The van der Waals surface area contributed by atoms with Crippen LogP contribution in [0, 0.1) is 24.1 Å². The lowest BCUT2D eigenvalue weighted by molar-refractivity contribution is 0.420. The number of hydrogen-bond donors (Lipinski definition) is 1. The zero-order chi connectivity index (χ0) is 25.4.